The van der Waals surface area contributed by atoms with Crippen molar-refractivity contribution in [1.29, 1.82) is 0 Å². The molecule has 1 aromatic carbocycles. The Labute approximate surface area is 139 Å². The highest BCUT2D eigenvalue weighted by Gasteiger charge is 2.14. The van der Waals surface area contributed by atoms with Crippen LogP contribution in [0, 0.1) is 0 Å². The molecule has 0 spiro atoms. The molecular weight excluding hydrogens is 323 g/mol. The monoisotopic (exact) mass is 338 g/mol. The van der Waals surface area contributed by atoms with E-state index in [0.29, 0.717) is 23.1 Å². The number of nitrogens with zero attached hydrogens (tertiary/aromatic N) is 1. The van der Waals surface area contributed by atoms with Crippen molar-refractivity contribution < 1.29 is 9.53 Å². The fourth-order valence-electron chi connectivity index (χ4n) is 2.07. The molecule has 0 amide bonds. The number of rotatable bonds is 6. The topological polar surface area (TPSA) is 51.2 Å². The van der Waals surface area contributed by atoms with Crippen LogP contribution in [-0.2, 0) is 9.53 Å². The van der Waals surface area contributed by atoms with E-state index in [0.717, 1.165) is 11.3 Å². The molecule has 0 aliphatic rings. The molecule has 0 fully saturated rings. The summed E-state index contributed by atoms with van der Waals surface area (Å²) in [7, 11) is 0. The maximum atomic E-state index is 10.9. The zero-order valence-electron chi connectivity index (χ0n) is 12.1. The first-order valence-corrected chi connectivity index (χ1v) is 7.56. The molecule has 6 heteroatoms. The summed E-state index contributed by atoms with van der Waals surface area (Å²) in [5.41, 5.74) is 1.79. The van der Waals surface area contributed by atoms with Crippen molar-refractivity contribution in [3.8, 4) is 0 Å². The predicted octanol–water partition coefficient (Wildman–Crippen LogP) is 4.49. The van der Waals surface area contributed by atoms with Gasteiger partial charge in [0.15, 0.2) is 0 Å². The van der Waals surface area contributed by atoms with Crippen LogP contribution in [0.4, 0.5) is 5.69 Å². The number of halogens is 2. The molecule has 1 heterocycles. The van der Waals surface area contributed by atoms with Crippen molar-refractivity contribution in [1.82, 2.24) is 4.98 Å². The standard InChI is InChI=1S/C16H16Cl2N2O2/c1-11(21)22-6-4-16(20-15-3-2-5-19-10-15)12-7-13(17)9-14(18)8-12/h2-3,5,7-10,16,20H,4,6H2,1H3. The van der Waals surface area contributed by atoms with E-state index in [2.05, 4.69) is 10.3 Å². The third-order valence-electron chi connectivity index (χ3n) is 3.00. The van der Waals surface area contributed by atoms with E-state index >= 15 is 0 Å². The lowest BCUT2D eigenvalue weighted by atomic mass is 10.0. The first-order chi connectivity index (χ1) is 10.5. The highest BCUT2D eigenvalue weighted by Crippen LogP contribution is 2.28. The maximum Gasteiger partial charge on any atom is 0.302 e. The van der Waals surface area contributed by atoms with Gasteiger partial charge in [0.2, 0.25) is 0 Å². The summed E-state index contributed by atoms with van der Waals surface area (Å²) in [6.07, 6.45) is 4.02. The molecular formula is C16H16Cl2N2O2. The number of aromatic nitrogens is 1. The smallest absolute Gasteiger partial charge is 0.302 e. The van der Waals surface area contributed by atoms with E-state index in [1.165, 1.54) is 6.92 Å². The van der Waals surface area contributed by atoms with Crippen LogP contribution in [0.3, 0.4) is 0 Å². The third-order valence-corrected chi connectivity index (χ3v) is 3.44. The molecule has 2 rings (SSSR count). The number of hydrogen-bond donors (Lipinski definition) is 1. The molecule has 1 atom stereocenters. The fourth-order valence-corrected chi connectivity index (χ4v) is 2.61. The minimum absolute atomic E-state index is 0.0975. The molecule has 4 nitrogen and oxygen atoms in total. The Hall–Kier alpha value is -1.78. The number of benzene rings is 1. The van der Waals surface area contributed by atoms with Crippen LogP contribution in [0.2, 0.25) is 10.0 Å². The summed E-state index contributed by atoms with van der Waals surface area (Å²) < 4.78 is 5.03. The summed E-state index contributed by atoms with van der Waals surface area (Å²) >= 11 is 12.1. The summed E-state index contributed by atoms with van der Waals surface area (Å²) in [6.45, 7) is 1.69. The number of hydrogen-bond acceptors (Lipinski definition) is 4. The van der Waals surface area contributed by atoms with E-state index < -0.39 is 0 Å². The third kappa shape index (κ3) is 5.20. The number of carbonyl (C=O) groups excluding carboxylic acids is 1. The second kappa shape index (κ2) is 8.01. The highest BCUT2D eigenvalue weighted by atomic mass is 35.5. The Kier molecular flexibility index (Phi) is 6.04. The lowest BCUT2D eigenvalue weighted by Crippen LogP contribution is -2.14. The Bertz CT molecular complexity index is 615. The van der Waals surface area contributed by atoms with Gasteiger partial charge >= 0.3 is 5.97 Å². The average Bonchev–Trinajstić information content (AvgIpc) is 2.46. The van der Waals surface area contributed by atoms with Crippen molar-refractivity contribution in [2.75, 3.05) is 11.9 Å². The molecule has 0 bridgehead atoms. The summed E-state index contributed by atoms with van der Waals surface area (Å²) in [5, 5.41) is 4.48. The van der Waals surface area contributed by atoms with E-state index in [4.69, 9.17) is 27.9 Å². The zero-order valence-corrected chi connectivity index (χ0v) is 13.6. The van der Waals surface area contributed by atoms with Crippen molar-refractivity contribution in [3.05, 3.63) is 58.3 Å². The first kappa shape index (κ1) is 16.6. The molecule has 0 saturated carbocycles. The van der Waals surface area contributed by atoms with E-state index in [1.54, 1.807) is 18.5 Å². The van der Waals surface area contributed by atoms with Gasteiger partial charge in [-0.3, -0.25) is 9.78 Å². The van der Waals surface area contributed by atoms with Crippen LogP contribution in [0.25, 0.3) is 0 Å². The summed E-state index contributed by atoms with van der Waals surface area (Å²) in [6, 6.07) is 9.03. The minimum Gasteiger partial charge on any atom is -0.466 e. The Morgan fingerprint density at radius 1 is 1.32 bits per heavy atom. The number of ether oxygens (including phenoxy) is 1. The van der Waals surface area contributed by atoms with Crippen molar-refractivity contribution in [3.63, 3.8) is 0 Å². The van der Waals surface area contributed by atoms with Gasteiger partial charge in [0, 0.05) is 35.8 Å². The van der Waals surface area contributed by atoms with Gasteiger partial charge in [-0.25, -0.2) is 0 Å². The Balaban J connectivity index is 2.18. The molecule has 0 saturated heterocycles. The van der Waals surface area contributed by atoms with E-state index in [-0.39, 0.29) is 12.0 Å². The SMILES string of the molecule is CC(=O)OCCC(Nc1cccnc1)c1cc(Cl)cc(Cl)c1. The molecule has 1 unspecified atom stereocenters. The largest absolute Gasteiger partial charge is 0.466 e. The van der Waals surface area contributed by atoms with Gasteiger partial charge in [0.1, 0.15) is 0 Å². The molecule has 22 heavy (non-hydrogen) atoms. The van der Waals surface area contributed by atoms with Crippen LogP contribution >= 0.6 is 23.2 Å². The molecule has 2 aromatic rings. The van der Waals surface area contributed by atoms with Crippen LogP contribution in [0.15, 0.2) is 42.7 Å². The summed E-state index contributed by atoms with van der Waals surface area (Å²) in [4.78, 5) is 15.0. The highest BCUT2D eigenvalue weighted by molar-refractivity contribution is 6.34. The molecule has 0 radical (unpaired) electrons. The Morgan fingerprint density at radius 2 is 2.05 bits per heavy atom. The second-order valence-corrected chi connectivity index (χ2v) is 5.64. The van der Waals surface area contributed by atoms with Crippen LogP contribution in [-0.4, -0.2) is 17.6 Å². The number of pyridine rings is 1. The Morgan fingerprint density at radius 3 is 2.64 bits per heavy atom. The van der Waals surface area contributed by atoms with Crippen LogP contribution in [0.5, 0.6) is 0 Å². The maximum absolute atomic E-state index is 10.9. The number of nitrogens with one attached hydrogen (secondary N) is 1. The van der Waals surface area contributed by atoms with Gasteiger partial charge in [0.25, 0.3) is 0 Å². The predicted molar refractivity (Wildman–Crippen MR) is 88.3 cm³/mol. The lowest BCUT2D eigenvalue weighted by Gasteiger charge is -2.20. The normalized spacial score (nSPS) is 11.8. The van der Waals surface area contributed by atoms with Crippen molar-refractivity contribution in [2.24, 2.45) is 0 Å². The molecule has 1 aromatic heterocycles. The molecule has 116 valence electrons. The number of anilines is 1. The van der Waals surface area contributed by atoms with Crippen LogP contribution in [0.1, 0.15) is 24.9 Å². The quantitative estimate of drug-likeness (QED) is 0.788. The molecule has 0 aliphatic carbocycles. The van der Waals surface area contributed by atoms with E-state index in [1.807, 2.05) is 24.3 Å². The number of esters is 1. The number of carbonyl (C=O) groups is 1. The van der Waals surface area contributed by atoms with Gasteiger partial charge in [0.05, 0.1) is 18.3 Å². The van der Waals surface area contributed by atoms with Gasteiger partial charge in [-0.2, -0.15) is 0 Å². The lowest BCUT2D eigenvalue weighted by molar-refractivity contribution is -0.141. The van der Waals surface area contributed by atoms with E-state index in [9.17, 15) is 4.79 Å². The van der Waals surface area contributed by atoms with Gasteiger partial charge in [-0.05, 0) is 35.9 Å². The van der Waals surface area contributed by atoms with Crippen molar-refractivity contribution in [2.45, 2.75) is 19.4 Å². The second-order valence-electron chi connectivity index (χ2n) is 4.77. The molecule has 0 aliphatic heterocycles. The minimum atomic E-state index is -0.302. The van der Waals surface area contributed by atoms with Gasteiger partial charge in [-0.1, -0.05) is 23.2 Å². The van der Waals surface area contributed by atoms with Gasteiger partial charge in [-0.15, -0.1) is 0 Å². The fraction of sp³-hybridized carbons (Fsp3) is 0.250. The van der Waals surface area contributed by atoms with Gasteiger partial charge < -0.3 is 10.1 Å². The molecule has 1 N–H and O–H groups in total. The zero-order chi connectivity index (χ0) is 15.9. The first-order valence-electron chi connectivity index (χ1n) is 6.80. The average molecular weight is 339 g/mol. The van der Waals surface area contributed by atoms with Crippen LogP contribution < -0.4 is 5.32 Å². The summed E-state index contributed by atoms with van der Waals surface area (Å²) in [5.74, 6) is -0.302. The van der Waals surface area contributed by atoms with Crippen molar-refractivity contribution >= 4 is 34.9 Å².